The van der Waals surface area contributed by atoms with E-state index in [0.717, 1.165) is 11.1 Å². The molecule has 22 heavy (non-hydrogen) atoms. The van der Waals surface area contributed by atoms with Crippen LogP contribution in [-0.4, -0.2) is 16.3 Å². The second kappa shape index (κ2) is 6.13. The molecular formula is C17H15N3O2. The van der Waals surface area contributed by atoms with Gasteiger partial charge in [0.05, 0.1) is 6.21 Å². The summed E-state index contributed by atoms with van der Waals surface area (Å²) in [5.41, 5.74) is 5.59. The molecule has 0 saturated heterocycles. The first-order valence-corrected chi connectivity index (χ1v) is 6.84. The van der Waals surface area contributed by atoms with Crippen LogP contribution in [0.15, 0.2) is 64.6 Å². The van der Waals surface area contributed by atoms with Crippen LogP contribution < -0.4 is 5.43 Å². The molecule has 0 aliphatic heterocycles. The summed E-state index contributed by atoms with van der Waals surface area (Å²) in [6, 6.07) is 13.3. The number of anilines is 1. The molecule has 1 aromatic heterocycles. The Labute approximate surface area is 127 Å². The Kier molecular flexibility index (Phi) is 3.87. The fraction of sp³-hybridized carbons (Fsp3) is 0.0588. The second-order valence-electron chi connectivity index (χ2n) is 4.70. The van der Waals surface area contributed by atoms with Gasteiger partial charge < -0.3 is 9.52 Å². The minimum absolute atomic E-state index is 0.200. The van der Waals surface area contributed by atoms with E-state index in [2.05, 4.69) is 22.1 Å². The minimum atomic E-state index is 0.200. The zero-order valence-corrected chi connectivity index (χ0v) is 11.9. The first-order valence-electron chi connectivity index (χ1n) is 6.84. The third-order valence-electron chi connectivity index (χ3n) is 3.17. The van der Waals surface area contributed by atoms with Crippen LogP contribution in [0.4, 0.5) is 6.01 Å². The molecule has 0 bridgehead atoms. The smallest absolute Gasteiger partial charge is 0.316 e. The van der Waals surface area contributed by atoms with E-state index in [1.807, 2.05) is 36.4 Å². The zero-order valence-electron chi connectivity index (χ0n) is 11.9. The van der Waals surface area contributed by atoms with Gasteiger partial charge in [-0.25, -0.2) is 5.43 Å². The van der Waals surface area contributed by atoms with E-state index < -0.39 is 0 Å². The minimum Gasteiger partial charge on any atom is -0.507 e. The van der Waals surface area contributed by atoms with Crippen LogP contribution in [0.5, 0.6) is 5.75 Å². The molecule has 0 atom stereocenters. The van der Waals surface area contributed by atoms with Crippen LogP contribution in [0.1, 0.15) is 11.1 Å². The number of phenols is 1. The van der Waals surface area contributed by atoms with Crippen molar-refractivity contribution in [2.45, 2.75) is 6.42 Å². The monoisotopic (exact) mass is 293 g/mol. The van der Waals surface area contributed by atoms with Crippen LogP contribution in [-0.2, 0) is 6.42 Å². The fourth-order valence-electron chi connectivity index (χ4n) is 2.11. The summed E-state index contributed by atoms with van der Waals surface area (Å²) in [4.78, 5) is 4.25. The number of benzene rings is 2. The summed E-state index contributed by atoms with van der Waals surface area (Å²) in [5.74, 6) is 0.200. The molecule has 1 heterocycles. The highest BCUT2D eigenvalue weighted by molar-refractivity contribution is 5.84. The molecule has 5 nitrogen and oxygen atoms in total. The van der Waals surface area contributed by atoms with E-state index in [9.17, 15) is 5.11 Å². The number of phenolic OH excluding ortho intramolecular Hbond substituents is 1. The molecule has 0 unspecified atom stereocenters. The number of allylic oxidation sites excluding steroid dienone is 1. The lowest BCUT2D eigenvalue weighted by molar-refractivity contribution is 0.469. The zero-order chi connectivity index (χ0) is 15.4. The molecule has 0 spiro atoms. The van der Waals surface area contributed by atoms with Gasteiger partial charge in [-0.3, -0.25) is 0 Å². The Hall–Kier alpha value is -3.08. The Morgan fingerprint density at radius 2 is 2.09 bits per heavy atom. The highest BCUT2D eigenvalue weighted by Gasteiger charge is 2.05. The number of nitrogens with zero attached hydrogens (tertiary/aromatic N) is 2. The molecule has 2 aromatic carbocycles. The molecule has 0 aliphatic carbocycles. The van der Waals surface area contributed by atoms with Gasteiger partial charge in [0.2, 0.25) is 0 Å². The number of aromatic hydroxyl groups is 1. The number of hydrogen-bond acceptors (Lipinski definition) is 5. The van der Waals surface area contributed by atoms with E-state index in [-0.39, 0.29) is 5.75 Å². The van der Waals surface area contributed by atoms with Gasteiger partial charge in [-0.05, 0) is 30.2 Å². The van der Waals surface area contributed by atoms with E-state index >= 15 is 0 Å². The predicted molar refractivity (Wildman–Crippen MR) is 87.2 cm³/mol. The highest BCUT2D eigenvalue weighted by Crippen LogP contribution is 2.22. The number of hydrogen-bond donors (Lipinski definition) is 2. The summed E-state index contributed by atoms with van der Waals surface area (Å²) in [7, 11) is 0. The average Bonchev–Trinajstić information content (AvgIpc) is 2.94. The van der Waals surface area contributed by atoms with Crippen molar-refractivity contribution in [1.29, 1.82) is 0 Å². The molecular weight excluding hydrogens is 278 g/mol. The van der Waals surface area contributed by atoms with E-state index in [0.29, 0.717) is 23.6 Å². The Balaban J connectivity index is 1.77. The molecule has 110 valence electrons. The standard InChI is InChI=1S/C17H15N3O2/c1-2-6-12-7-5-8-13(16(12)21)11-18-20-17-19-14-9-3-4-10-15(14)22-17/h2-5,7-11,21H,1,6H2,(H,19,20). The van der Waals surface area contributed by atoms with Crippen LogP contribution in [0.25, 0.3) is 11.1 Å². The van der Waals surface area contributed by atoms with E-state index in [1.165, 1.54) is 6.21 Å². The molecule has 3 rings (SSSR count). The van der Waals surface area contributed by atoms with Crippen molar-refractivity contribution >= 4 is 23.3 Å². The van der Waals surface area contributed by atoms with Gasteiger partial charge in [0, 0.05) is 5.56 Å². The van der Waals surface area contributed by atoms with Crippen LogP contribution in [0.3, 0.4) is 0 Å². The number of nitrogens with one attached hydrogen (secondary N) is 1. The normalized spacial score (nSPS) is 11.1. The molecule has 0 amide bonds. The number of rotatable bonds is 5. The van der Waals surface area contributed by atoms with Gasteiger partial charge in [0.25, 0.3) is 0 Å². The fourth-order valence-corrected chi connectivity index (χ4v) is 2.11. The number of oxazole rings is 1. The lowest BCUT2D eigenvalue weighted by atomic mass is 10.1. The predicted octanol–water partition coefficient (Wildman–Crippen LogP) is 3.71. The third-order valence-corrected chi connectivity index (χ3v) is 3.17. The highest BCUT2D eigenvalue weighted by atomic mass is 16.4. The van der Waals surface area contributed by atoms with Crippen molar-refractivity contribution in [1.82, 2.24) is 4.98 Å². The van der Waals surface area contributed by atoms with E-state index in [4.69, 9.17) is 4.42 Å². The first kappa shape index (κ1) is 13.9. The molecule has 0 aliphatic rings. The van der Waals surface area contributed by atoms with Gasteiger partial charge in [-0.1, -0.05) is 30.3 Å². The Bertz CT molecular complexity index is 804. The maximum atomic E-state index is 10.1. The molecule has 0 fully saturated rings. The maximum absolute atomic E-state index is 10.1. The Morgan fingerprint density at radius 3 is 2.91 bits per heavy atom. The van der Waals surface area contributed by atoms with Crippen molar-refractivity contribution in [3.63, 3.8) is 0 Å². The van der Waals surface area contributed by atoms with Crippen LogP contribution >= 0.6 is 0 Å². The van der Waals surface area contributed by atoms with Crippen molar-refractivity contribution in [3.05, 3.63) is 66.2 Å². The number of hydrazone groups is 1. The maximum Gasteiger partial charge on any atom is 0.316 e. The molecule has 5 heteroatoms. The lowest BCUT2D eigenvalue weighted by Gasteiger charge is -2.04. The number of fused-ring (bicyclic) bond motifs is 1. The van der Waals surface area contributed by atoms with Crippen molar-refractivity contribution < 1.29 is 9.52 Å². The Morgan fingerprint density at radius 1 is 1.23 bits per heavy atom. The number of para-hydroxylation sites is 3. The quantitative estimate of drug-likeness (QED) is 0.427. The summed E-state index contributed by atoms with van der Waals surface area (Å²) in [6.07, 6.45) is 3.87. The summed E-state index contributed by atoms with van der Waals surface area (Å²) < 4.78 is 5.49. The molecule has 0 saturated carbocycles. The summed E-state index contributed by atoms with van der Waals surface area (Å²) in [5, 5.41) is 14.2. The molecule has 3 aromatic rings. The second-order valence-corrected chi connectivity index (χ2v) is 4.70. The van der Waals surface area contributed by atoms with Gasteiger partial charge >= 0.3 is 6.01 Å². The number of aromatic nitrogens is 1. The molecule has 0 radical (unpaired) electrons. The van der Waals surface area contributed by atoms with Crippen LogP contribution in [0, 0.1) is 0 Å². The topological polar surface area (TPSA) is 70.7 Å². The average molecular weight is 293 g/mol. The van der Waals surface area contributed by atoms with Crippen molar-refractivity contribution in [3.8, 4) is 5.75 Å². The van der Waals surface area contributed by atoms with Gasteiger partial charge in [0.1, 0.15) is 11.3 Å². The largest absolute Gasteiger partial charge is 0.507 e. The van der Waals surface area contributed by atoms with E-state index in [1.54, 1.807) is 12.1 Å². The first-order chi connectivity index (χ1) is 10.8. The SMILES string of the molecule is C=CCc1cccc(C=NNc2nc3ccccc3o2)c1O. The van der Waals surface area contributed by atoms with Crippen molar-refractivity contribution in [2.75, 3.05) is 5.43 Å². The third kappa shape index (κ3) is 2.83. The van der Waals surface area contributed by atoms with Crippen molar-refractivity contribution in [2.24, 2.45) is 5.10 Å². The molecule has 2 N–H and O–H groups in total. The van der Waals surface area contributed by atoms with Crippen LogP contribution in [0.2, 0.25) is 0 Å². The van der Waals surface area contributed by atoms with Gasteiger partial charge in [0.15, 0.2) is 5.58 Å². The lowest BCUT2D eigenvalue weighted by Crippen LogP contribution is -1.93. The van der Waals surface area contributed by atoms with Gasteiger partial charge in [-0.2, -0.15) is 10.1 Å². The summed E-state index contributed by atoms with van der Waals surface area (Å²) in [6.45, 7) is 3.67. The summed E-state index contributed by atoms with van der Waals surface area (Å²) >= 11 is 0. The van der Waals surface area contributed by atoms with Gasteiger partial charge in [-0.15, -0.1) is 6.58 Å².